The van der Waals surface area contributed by atoms with Gasteiger partial charge in [0.2, 0.25) is 12.3 Å². The zero-order chi connectivity index (χ0) is 7.56. The zero-order valence-corrected chi connectivity index (χ0v) is 5.83. The number of carbonyl (C=O) groups is 2. The Hall–Kier alpha value is -0.900. The van der Waals surface area contributed by atoms with Gasteiger partial charge in [-0.05, 0) is 0 Å². The van der Waals surface area contributed by atoms with Gasteiger partial charge >= 0.3 is 0 Å². The van der Waals surface area contributed by atoms with Gasteiger partial charge < -0.3 is 0 Å². The van der Waals surface area contributed by atoms with Crippen molar-refractivity contribution in [3.8, 4) is 0 Å². The molecule has 4 heteroatoms. The fourth-order valence-electron chi connectivity index (χ4n) is 0.939. The summed E-state index contributed by atoms with van der Waals surface area (Å²) in [4.78, 5) is 22.3. The predicted octanol–water partition coefficient (Wildman–Crippen LogP) is -0.832. The first-order chi connectivity index (χ1) is 4.75. The first-order valence-electron chi connectivity index (χ1n) is 3.22. The molecule has 1 rings (SSSR count). The van der Waals surface area contributed by atoms with Gasteiger partial charge in [-0.3, -0.25) is 19.8 Å². The molecule has 1 N–H and O–H groups in total. The lowest BCUT2D eigenvalue weighted by Gasteiger charge is -2.26. The normalized spacial score (nSPS) is 26.7. The highest BCUT2D eigenvalue weighted by Gasteiger charge is 2.23. The summed E-state index contributed by atoms with van der Waals surface area (Å²) >= 11 is 0. The maximum atomic E-state index is 11.0. The average Bonchev–Trinajstić information content (AvgIpc) is 1.95. The second-order valence-electron chi connectivity index (χ2n) is 2.43. The fraction of sp³-hybridized carbons (Fsp3) is 0.667. The molecule has 4 nitrogen and oxygen atoms in total. The number of hydrogen-bond donors (Lipinski definition) is 1. The standard InChI is InChI=1S/C6H10N2O2/c1-5-2-7-3-8(4-9)6(5)10/h4-5,7H,2-3H2,1H3. The second-order valence-corrected chi connectivity index (χ2v) is 2.43. The van der Waals surface area contributed by atoms with Crippen LogP contribution in [0.25, 0.3) is 0 Å². The van der Waals surface area contributed by atoms with Crippen LogP contribution in [0.1, 0.15) is 6.92 Å². The fourth-order valence-corrected chi connectivity index (χ4v) is 0.939. The van der Waals surface area contributed by atoms with Crippen LogP contribution in [0.15, 0.2) is 0 Å². The second kappa shape index (κ2) is 2.79. The zero-order valence-electron chi connectivity index (χ0n) is 5.83. The summed E-state index contributed by atoms with van der Waals surface area (Å²) in [5.74, 6) is -0.160. The topological polar surface area (TPSA) is 49.4 Å². The Labute approximate surface area is 59.2 Å². The minimum Gasteiger partial charge on any atom is -0.299 e. The van der Waals surface area contributed by atoms with Crippen molar-refractivity contribution in [2.24, 2.45) is 5.92 Å². The van der Waals surface area contributed by atoms with Crippen molar-refractivity contribution in [3.05, 3.63) is 0 Å². The van der Waals surface area contributed by atoms with E-state index in [2.05, 4.69) is 5.32 Å². The van der Waals surface area contributed by atoms with Crippen LogP contribution in [-0.4, -0.2) is 30.4 Å². The van der Waals surface area contributed by atoms with Crippen LogP contribution in [0.5, 0.6) is 0 Å². The van der Waals surface area contributed by atoms with E-state index < -0.39 is 0 Å². The highest BCUT2D eigenvalue weighted by atomic mass is 16.2. The number of imide groups is 1. The molecule has 1 aliphatic heterocycles. The highest BCUT2D eigenvalue weighted by molar-refractivity contribution is 5.88. The Kier molecular flexibility index (Phi) is 2.01. The van der Waals surface area contributed by atoms with E-state index in [1.165, 1.54) is 0 Å². The van der Waals surface area contributed by atoms with E-state index in [0.717, 1.165) is 4.90 Å². The van der Waals surface area contributed by atoms with Gasteiger partial charge in [0.15, 0.2) is 0 Å². The van der Waals surface area contributed by atoms with Crippen molar-refractivity contribution >= 4 is 12.3 Å². The molecule has 0 saturated carbocycles. The SMILES string of the molecule is CC1CNCN(C=O)C1=O. The first-order valence-corrected chi connectivity index (χ1v) is 3.22. The molecule has 0 aromatic heterocycles. The number of hydrogen-bond acceptors (Lipinski definition) is 3. The molecule has 0 bridgehead atoms. The van der Waals surface area contributed by atoms with Gasteiger partial charge in [-0.25, -0.2) is 0 Å². The molecule has 0 spiro atoms. The van der Waals surface area contributed by atoms with Crippen LogP contribution in [0, 0.1) is 5.92 Å². The van der Waals surface area contributed by atoms with E-state index in [0.29, 0.717) is 19.6 Å². The van der Waals surface area contributed by atoms with Crippen molar-refractivity contribution in [1.82, 2.24) is 10.2 Å². The lowest BCUT2D eigenvalue weighted by Crippen LogP contribution is -2.49. The van der Waals surface area contributed by atoms with E-state index in [1.54, 1.807) is 6.92 Å². The van der Waals surface area contributed by atoms with Crippen molar-refractivity contribution in [2.75, 3.05) is 13.2 Å². The number of nitrogens with zero attached hydrogens (tertiary/aromatic N) is 1. The van der Waals surface area contributed by atoms with Gasteiger partial charge in [0.25, 0.3) is 0 Å². The third-order valence-corrected chi connectivity index (χ3v) is 1.56. The summed E-state index contributed by atoms with van der Waals surface area (Å²) < 4.78 is 0. The lowest BCUT2D eigenvalue weighted by atomic mass is 10.1. The van der Waals surface area contributed by atoms with Crippen LogP contribution in [0.2, 0.25) is 0 Å². The van der Waals surface area contributed by atoms with E-state index in [4.69, 9.17) is 0 Å². The molecule has 0 radical (unpaired) electrons. The molecular weight excluding hydrogens is 132 g/mol. The molecule has 1 heterocycles. The molecule has 0 aliphatic carbocycles. The van der Waals surface area contributed by atoms with Gasteiger partial charge in [-0.15, -0.1) is 0 Å². The Morgan fingerprint density at radius 2 is 2.50 bits per heavy atom. The third kappa shape index (κ3) is 1.16. The van der Waals surface area contributed by atoms with Crippen LogP contribution in [0.4, 0.5) is 0 Å². The highest BCUT2D eigenvalue weighted by Crippen LogP contribution is 2.02. The molecule has 0 aromatic carbocycles. The molecule has 1 unspecified atom stereocenters. The number of amides is 2. The first kappa shape index (κ1) is 7.21. The monoisotopic (exact) mass is 142 g/mol. The molecule has 1 aliphatic rings. The number of carbonyl (C=O) groups excluding carboxylic acids is 2. The van der Waals surface area contributed by atoms with E-state index in [1.807, 2.05) is 0 Å². The molecule has 0 aromatic rings. The summed E-state index contributed by atoms with van der Waals surface area (Å²) in [5.41, 5.74) is 0. The Morgan fingerprint density at radius 3 is 3.00 bits per heavy atom. The van der Waals surface area contributed by atoms with Crippen molar-refractivity contribution in [1.29, 1.82) is 0 Å². The molecule has 1 saturated heterocycles. The predicted molar refractivity (Wildman–Crippen MR) is 34.9 cm³/mol. The minimum absolute atomic E-state index is 0.0704. The van der Waals surface area contributed by atoms with E-state index in [9.17, 15) is 9.59 Å². The average molecular weight is 142 g/mol. The molecular formula is C6H10N2O2. The molecule has 2 amide bonds. The Bertz CT molecular complexity index is 158. The van der Waals surface area contributed by atoms with Gasteiger partial charge in [-0.2, -0.15) is 0 Å². The van der Waals surface area contributed by atoms with Crippen LogP contribution in [-0.2, 0) is 9.59 Å². The minimum atomic E-state index is -0.0891. The van der Waals surface area contributed by atoms with Gasteiger partial charge in [-0.1, -0.05) is 6.92 Å². The van der Waals surface area contributed by atoms with Crippen molar-refractivity contribution < 1.29 is 9.59 Å². The summed E-state index contributed by atoms with van der Waals surface area (Å²) in [5, 5.41) is 2.94. The lowest BCUT2D eigenvalue weighted by molar-refractivity contribution is -0.143. The third-order valence-electron chi connectivity index (χ3n) is 1.56. The Balaban J connectivity index is 2.59. The van der Waals surface area contributed by atoms with Gasteiger partial charge in [0, 0.05) is 12.5 Å². The largest absolute Gasteiger partial charge is 0.299 e. The smallest absolute Gasteiger partial charge is 0.234 e. The quantitative estimate of drug-likeness (QED) is 0.486. The van der Waals surface area contributed by atoms with E-state index >= 15 is 0 Å². The van der Waals surface area contributed by atoms with Crippen LogP contribution in [0.3, 0.4) is 0 Å². The van der Waals surface area contributed by atoms with Crippen LogP contribution < -0.4 is 5.32 Å². The molecule has 1 fully saturated rings. The van der Waals surface area contributed by atoms with E-state index in [-0.39, 0.29) is 11.8 Å². The van der Waals surface area contributed by atoms with Crippen molar-refractivity contribution in [3.63, 3.8) is 0 Å². The molecule has 56 valence electrons. The maximum Gasteiger partial charge on any atom is 0.234 e. The van der Waals surface area contributed by atoms with Crippen LogP contribution >= 0.6 is 0 Å². The Morgan fingerprint density at radius 1 is 1.80 bits per heavy atom. The van der Waals surface area contributed by atoms with Gasteiger partial charge in [0.1, 0.15) is 0 Å². The van der Waals surface area contributed by atoms with Crippen molar-refractivity contribution in [2.45, 2.75) is 6.92 Å². The van der Waals surface area contributed by atoms with Gasteiger partial charge in [0.05, 0.1) is 6.67 Å². The number of rotatable bonds is 1. The summed E-state index contributed by atoms with van der Waals surface area (Å²) in [7, 11) is 0. The molecule has 1 atom stereocenters. The molecule has 10 heavy (non-hydrogen) atoms. The summed E-state index contributed by atoms with van der Waals surface area (Å²) in [6, 6.07) is 0. The maximum absolute atomic E-state index is 11.0. The number of nitrogens with one attached hydrogen (secondary N) is 1. The summed E-state index contributed by atoms with van der Waals surface area (Å²) in [6.45, 7) is 2.82. The summed E-state index contributed by atoms with van der Waals surface area (Å²) in [6.07, 6.45) is 0.561.